The monoisotopic (exact) mass is 425 g/mol. The summed E-state index contributed by atoms with van der Waals surface area (Å²) in [5.74, 6) is -0.502. The summed E-state index contributed by atoms with van der Waals surface area (Å²) in [6.07, 6.45) is 0.927. The lowest BCUT2D eigenvalue weighted by atomic mass is 9.94. The number of aryl methyl sites for hydroxylation is 1. The van der Waals surface area contributed by atoms with Gasteiger partial charge in [0.05, 0.1) is 5.57 Å². The highest BCUT2D eigenvalue weighted by Crippen LogP contribution is 2.36. The van der Waals surface area contributed by atoms with Crippen LogP contribution < -0.4 is 10.6 Å². The quantitative estimate of drug-likeness (QED) is 0.563. The van der Waals surface area contributed by atoms with Crippen LogP contribution in [0.5, 0.6) is 0 Å². The molecule has 3 aromatic rings. The van der Waals surface area contributed by atoms with E-state index in [-0.39, 0.29) is 17.7 Å². The van der Waals surface area contributed by atoms with E-state index in [1.807, 2.05) is 0 Å². The Morgan fingerprint density at radius 3 is 2.65 bits per heavy atom. The van der Waals surface area contributed by atoms with E-state index in [0.29, 0.717) is 36.0 Å². The summed E-state index contributed by atoms with van der Waals surface area (Å²) < 4.78 is 29.5. The third-order valence-corrected chi connectivity index (χ3v) is 5.00. The minimum atomic E-state index is -0.853. The second-order valence-electron chi connectivity index (χ2n) is 7.17. The molecule has 0 saturated heterocycles. The van der Waals surface area contributed by atoms with Gasteiger partial charge in [-0.25, -0.2) is 13.5 Å². The zero-order chi connectivity index (χ0) is 22.0. The van der Waals surface area contributed by atoms with Crippen molar-refractivity contribution in [3.8, 4) is 0 Å². The third-order valence-electron chi connectivity index (χ3n) is 5.00. The number of hydrogen-bond donors (Lipinski definition) is 3. The van der Waals surface area contributed by atoms with Crippen molar-refractivity contribution in [3.05, 3.63) is 82.8 Å². The van der Waals surface area contributed by atoms with E-state index >= 15 is 0 Å². The average Bonchev–Trinajstić information content (AvgIpc) is 3.15. The van der Waals surface area contributed by atoms with Crippen LogP contribution in [-0.2, 0) is 11.2 Å². The molecule has 9 heteroatoms. The molecule has 4 rings (SSSR count). The van der Waals surface area contributed by atoms with Crippen molar-refractivity contribution in [1.29, 1.82) is 0 Å². The molecule has 31 heavy (non-hydrogen) atoms. The largest absolute Gasteiger partial charge is 0.396 e. The van der Waals surface area contributed by atoms with Crippen LogP contribution >= 0.6 is 0 Å². The maximum absolute atomic E-state index is 14.8. The van der Waals surface area contributed by atoms with E-state index in [2.05, 4.69) is 20.7 Å². The molecule has 0 radical (unpaired) electrons. The van der Waals surface area contributed by atoms with Gasteiger partial charge in [-0.2, -0.15) is 10.1 Å². The number of benzene rings is 2. The van der Waals surface area contributed by atoms with Crippen LogP contribution in [0.2, 0.25) is 0 Å². The molecule has 1 aliphatic rings. The maximum Gasteiger partial charge on any atom is 0.255 e. The number of aromatic nitrogens is 3. The van der Waals surface area contributed by atoms with E-state index in [1.54, 1.807) is 25.1 Å². The Kier molecular flexibility index (Phi) is 5.77. The van der Waals surface area contributed by atoms with Crippen molar-refractivity contribution >= 4 is 17.5 Å². The molecule has 0 spiro atoms. The molecule has 3 N–H and O–H groups in total. The molecule has 2 heterocycles. The number of nitrogens with one attached hydrogen (secondary N) is 2. The molecule has 1 atom stereocenters. The standard InChI is InChI=1S/C22H21F2N5O2/c1-13-19(21(31)26-15-10-8-14(23)9-11-15)20(16-5-2-3-6-17(16)24)29-22(25-13)27-18(28-29)7-4-12-30/h2-3,5-6,8-11,20,30H,4,7,12H2,1H3,(H,26,31)(H,25,27,28). The molecule has 1 unspecified atom stereocenters. The number of nitrogens with zero attached hydrogens (tertiary/aromatic N) is 3. The van der Waals surface area contributed by atoms with E-state index in [4.69, 9.17) is 5.11 Å². The predicted octanol–water partition coefficient (Wildman–Crippen LogP) is 3.41. The summed E-state index contributed by atoms with van der Waals surface area (Å²) >= 11 is 0. The number of anilines is 2. The summed E-state index contributed by atoms with van der Waals surface area (Å²) in [7, 11) is 0. The number of fused-ring (bicyclic) bond motifs is 1. The molecule has 2 aromatic carbocycles. The van der Waals surface area contributed by atoms with Crippen molar-refractivity contribution in [3.63, 3.8) is 0 Å². The number of amides is 1. The number of allylic oxidation sites excluding steroid dienone is 1. The zero-order valence-electron chi connectivity index (χ0n) is 16.8. The number of carbonyl (C=O) groups is 1. The lowest BCUT2D eigenvalue weighted by molar-refractivity contribution is -0.113. The normalized spacial score (nSPS) is 15.4. The summed E-state index contributed by atoms with van der Waals surface area (Å²) in [6, 6.07) is 10.7. The molecular weight excluding hydrogens is 404 g/mol. The molecule has 7 nitrogen and oxygen atoms in total. The van der Waals surface area contributed by atoms with Gasteiger partial charge in [0.1, 0.15) is 17.7 Å². The van der Waals surface area contributed by atoms with Crippen LogP contribution in [-0.4, -0.2) is 32.4 Å². The Bertz CT molecular complexity index is 1140. The van der Waals surface area contributed by atoms with Gasteiger partial charge in [-0.3, -0.25) is 4.79 Å². The number of aliphatic hydroxyl groups excluding tert-OH is 1. The number of hydrogen-bond acceptors (Lipinski definition) is 5. The topological polar surface area (TPSA) is 92.1 Å². The summed E-state index contributed by atoms with van der Waals surface area (Å²) in [6.45, 7) is 1.70. The van der Waals surface area contributed by atoms with Gasteiger partial charge in [-0.1, -0.05) is 18.2 Å². The highest BCUT2D eigenvalue weighted by molar-refractivity contribution is 6.06. The van der Waals surface area contributed by atoms with Crippen molar-refractivity contribution in [1.82, 2.24) is 14.8 Å². The minimum absolute atomic E-state index is 0.00333. The predicted molar refractivity (Wildman–Crippen MR) is 111 cm³/mol. The third kappa shape index (κ3) is 4.17. The number of halogens is 2. The Labute approximate surface area is 177 Å². The lowest BCUT2D eigenvalue weighted by Gasteiger charge is -2.29. The summed E-state index contributed by atoms with van der Waals surface area (Å²) in [5.41, 5.74) is 1.45. The van der Waals surface area contributed by atoms with Crippen molar-refractivity contribution in [2.75, 3.05) is 17.2 Å². The average molecular weight is 425 g/mol. The molecule has 0 saturated carbocycles. The number of rotatable bonds is 6. The molecule has 0 fully saturated rings. The van der Waals surface area contributed by atoms with Crippen LogP contribution in [0, 0.1) is 11.6 Å². The van der Waals surface area contributed by atoms with Crippen molar-refractivity contribution in [2.24, 2.45) is 0 Å². The molecule has 0 bridgehead atoms. The van der Waals surface area contributed by atoms with Gasteiger partial charge in [0.2, 0.25) is 5.95 Å². The highest BCUT2D eigenvalue weighted by atomic mass is 19.1. The first-order chi connectivity index (χ1) is 15.0. The van der Waals surface area contributed by atoms with Crippen LogP contribution in [0.25, 0.3) is 0 Å². The Morgan fingerprint density at radius 2 is 1.94 bits per heavy atom. The molecule has 1 aliphatic heterocycles. The van der Waals surface area contributed by atoms with Crippen LogP contribution in [0.3, 0.4) is 0 Å². The van der Waals surface area contributed by atoms with Gasteiger partial charge < -0.3 is 15.7 Å². The molecular formula is C22H21F2N5O2. The Balaban J connectivity index is 1.76. The van der Waals surface area contributed by atoms with Crippen LogP contribution in [0.4, 0.5) is 20.4 Å². The van der Waals surface area contributed by atoms with Crippen LogP contribution in [0.1, 0.15) is 30.8 Å². The first kappa shape index (κ1) is 20.7. The first-order valence-electron chi connectivity index (χ1n) is 9.83. The van der Waals surface area contributed by atoms with Gasteiger partial charge in [-0.05, 0) is 43.7 Å². The second kappa shape index (κ2) is 8.65. The first-order valence-corrected chi connectivity index (χ1v) is 9.83. The molecule has 0 aliphatic carbocycles. The van der Waals surface area contributed by atoms with E-state index in [0.717, 1.165) is 0 Å². The van der Waals surface area contributed by atoms with Gasteiger partial charge in [0, 0.05) is 30.0 Å². The molecule has 1 aromatic heterocycles. The molecule has 1 amide bonds. The van der Waals surface area contributed by atoms with E-state index < -0.39 is 23.6 Å². The lowest BCUT2D eigenvalue weighted by Crippen LogP contribution is -2.32. The van der Waals surface area contributed by atoms with Gasteiger partial charge in [0.25, 0.3) is 5.91 Å². The van der Waals surface area contributed by atoms with E-state index in [1.165, 1.54) is 35.0 Å². The van der Waals surface area contributed by atoms with Gasteiger partial charge in [0.15, 0.2) is 5.82 Å². The highest BCUT2D eigenvalue weighted by Gasteiger charge is 2.35. The second-order valence-corrected chi connectivity index (χ2v) is 7.17. The van der Waals surface area contributed by atoms with Gasteiger partial charge in [-0.15, -0.1) is 0 Å². The van der Waals surface area contributed by atoms with Crippen LogP contribution in [0.15, 0.2) is 59.8 Å². The fourth-order valence-electron chi connectivity index (χ4n) is 3.55. The van der Waals surface area contributed by atoms with Gasteiger partial charge >= 0.3 is 0 Å². The fourth-order valence-corrected chi connectivity index (χ4v) is 3.55. The minimum Gasteiger partial charge on any atom is -0.396 e. The summed E-state index contributed by atoms with van der Waals surface area (Å²) in [4.78, 5) is 17.7. The SMILES string of the molecule is CC1=C(C(=O)Nc2ccc(F)cc2)C(c2ccccc2F)n2nc(CCCO)nc2N1. The van der Waals surface area contributed by atoms with Crippen molar-refractivity contribution < 1.29 is 18.7 Å². The van der Waals surface area contributed by atoms with E-state index in [9.17, 15) is 13.6 Å². The maximum atomic E-state index is 14.8. The van der Waals surface area contributed by atoms with Crippen molar-refractivity contribution in [2.45, 2.75) is 25.8 Å². The fraction of sp³-hybridized carbons (Fsp3) is 0.227. The zero-order valence-corrected chi connectivity index (χ0v) is 16.8. The Hall–Kier alpha value is -3.59. The molecule has 160 valence electrons. The summed E-state index contributed by atoms with van der Waals surface area (Å²) in [5, 5.41) is 19.4. The number of aliphatic hydroxyl groups is 1. The Morgan fingerprint density at radius 1 is 1.19 bits per heavy atom. The number of carbonyl (C=O) groups excluding carboxylic acids is 1. The smallest absolute Gasteiger partial charge is 0.255 e.